The minimum absolute atomic E-state index is 0.155. The summed E-state index contributed by atoms with van der Waals surface area (Å²) in [4.78, 5) is 29.0. The number of aromatic nitrogens is 1. The number of amides is 2. The molecule has 2 heterocycles. The highest BCUT2D eigenvalue weighted by Crippen LogP contribution is 2.17. The summed E-state index contributed by atoms with van der Waals surface area (Å²) >= 11 is 5.89. The molecule has 0 saturated carbocycles. The third kappa shape index (κ3) is 5.60. The van der Waals surface area contributed by atoms with Crippen LogP contribution in [-0.4, -0.2) is 46.6 Å². The van der Waals surface area contributed by atoms with Crippen LogP contribution >= 0.6 is 11.6 Å². The number of nitrogens with zero attached hydrogens (tertiary/aromatic N) is 2. The lowest BCUT2D eigenvalue weighted by Crippen LogP contribution is -2.40. The number of carboxylic acid groups (broad SMARTS) is 1. The Morgan fingerprint density at radius 3 is 2.57 bits per heavy atom. The first-order valence-electron chi connectivity index (χ1n) is 9.21. The van der Waals surface area contributed by atoms with Gasteiger partial charge in [0.15, 0.2) is 0 Å². The van der Waals surface area contributed by atoms with Crippen molar-refractivity contribution in [3.8, 4) is 0 Å². The Hall–Kier alpha value is -2.80. The highest BCUT2D eigenvalue weighted by Gasteiger charge is 2.22. The molecule has 148 valence electrons. The summed E-state index contributed by atoms with van der Waals surface area (Å²) in [5.41, 5.74) is 1.60. The maximum absolute atomic E-state index is 12.4. The number of piperidine rings is 1. The lowest BCUT2D eigenvalue weighted by atomic mass is 9.97. The third-order valence-corrected chi connectivity index (χ3v) is 5.10. The molecular formula is C20H23ClN4O3. The maximum atomic E-state index is 12.4. The number of halogens is 1. The van der Waals surface area contributed by atoms with Gasteiger partial charge >= 0.3 is 6.09 Å². The standard InChI is InChI=1S/C20H23ClN4O3/c21-17-3-1-14(2-4-17)12-23-18-11-16(5-8-22-18)19(26)24-13-15-6-9-25(10-7-15)20(27)28/h1-5,8,11,15H,6-7,9-10,12-13H2,(H,22,23)(H,24,26)(H,27,28). The first-order valence-corrected chi connectivity index (χ1v) is 9.59. The number of hydrogen-bond donors (Lipinski definition) is 3. The predicted octanol–water partition coefficient (Wildman–Crippen LogP) is 3.47. The molecule has 1 aliphatic rings. The van der Waals surface area contributed by atoms with Gasteiger partial charge in [0.25, 0.3) is 5.91 Å². The average molecular weight is 403 g/mol. The van der Waals surface area contributed by atoms with Crippen LogP contribution in [0.1, 0.15) is 28.8 Å². The van der Waals surface area contributed by atoms with Gasteiger partial charge in [-0.1, -0.05) is 23.7 Å². The van der Waals surface area contributed by atoms with E-state index < -0.39 is 6.09 Å². The quantitative estimate of drug-likeness (QED) is 0.687. The molecule has 1 aromatic carbocycles. The molecule has 7 nitrogen and oxygen atoms in total. The topological polar surface area (TPSA) is 94.6 Å². The van der Waals surface area contributed by atoms with E-state index >= 15 is 0 Å². The van der Waals surface area contributed by atoms with Crippen molar-refractivity contribution in [2.24, 2.45) is 5.92 Å². The lowest BCUT2D eigenvalue weighted by Gasteiger charge is -2.29. The summed E-state index contributed by atoms with van der Waals surface area (Å²) in [5, 5.41) is 15.8. The number of likely N-dealkylation sites (tertiary alicyclic amines) is 1. The number of rotatable bonds is 6. The zero-order valence-electron chi connectivity index (χ0n) is 15.4. The second kappa shape index (κ2) is 9.41. The van der Waals surface area contributed by atoms with E-state index in [1.807, 2.05) is 24.3 Å². The van der Waals surface area contributed by atoms with Gasteiger partial charge < -0.3 is 20.6 Å². The molecule has 1 fully saturated rings. The fraction of sp³-hybridized carbons (Fsp3) is 0.350. The number of carbonyl (C=O) groups excluding carboxylic acids is 1. The Bertz CT molecular complexity index is 820. The number of hydrogen-bond acceptors (Lipinski definition) is 4. The molecule has 0 spiro atoms. The van der Waals surface area contributed by atoms with Crippen molar-refractivity contribution in [2.75, 3.05) is 25.0 Å². The summed E-state index contributed by atoms with van der Waals surface area (Å²) in [6.45, 7) is 2.16. The summed E-state index contributed by atoms with van der Waals surface area (Å²) in [5.74, 6) is 0.763. The van der Waals surface area contributed by atoms with E-state index in [4.69, 9.17) is 16.7 Å². The van der Waals surface area contributed by atoms with E-state index in [-0.39, 0.29) is 5.91 Å². The zero-order chi connectivity index (χ0) is 19.9. The van der Waals surface area contributed by atoms with Gasteiger partial charge in [-0.05, 0) is 48.6 Å². The number of benzene rings is 1. The van der Waals surface area contributed by atoms with Crippen LogP contribution < -0.4 is 10.6 Å². The van der Waals surface area contributed by atoms with Crippen LogP contribution in [-0.2, 0) is 6.54 Å². The van der Waals surface area contributed by atoms with Gasteiger partial charge in [0.05, 0.1) is 0 Å². The number of carbonyl (C=O) groups is 2. The molecule has 0 aliphatic carbocycles. The van der Waals surface area contributed by atoms with E-state index in [1.165, 1.54) is 4.90 Å². The SMILES string of the molecule is O=C(NCC1CCN(C(=O)O)CC1)c1ccnc(NCc2ccc(Cl)cc2)c1. The summed E-state index contributed by atoms with van der Waals surface area (Å²) in [6.07, 6.45) is 2.25. The van der Waals surface area contributed by atoms with Gasteiger partial charge in [-0.15, -0.1) is 0 Å². The molecule has 8 heteroatoms. The molecule has 0 bridgehead atoms. The Morgan fingerprint density at radius 1 is 1.18 bits per heavy atom. The molecule has 1 aliphatic heterocycles. The van der Waals surface area contributed by atoms with E-state index in [0.717, 1.165) is 18.4 Å². The van der Waals surface area contributed by atoms with Crippen molar-refractivity contribution in [1.82, 2.24) is 15.2 Å². The van der Waals surface area contributed by atoms with Crippen LogP contribution in [0, 0.1) is 5.92 Å². The van der Waals surface area contributed by atoms with Crippen molar-refractivity contribution < 1.29 is 14.7 Å². The second-order valence-electron chi connectivity index (χ2n) is 6.83. The van der Waals surface area contributed by atoms with Gasteiger partial charge in [0.1, 0.15) is 5.82 Å². The van der Waals surface area contributed by atoms with Crippen molar-refractivity contribution >= 4 is 29.4 Å². The van der Waals surface area contributed by atoms with Crippen LogP contribution in [0.4, 0.5) is 10.6 Å². The van der Waals surface area contributed by atoms with Crippen molar-refractivity contribution in [3.05, 3.63) is 58.7 Å². The van der Waals surface area contributed by atoms with Crippen LogP contribution in [0.15, 0.2) is 42.6 Å². The first-order chi connectivity index (χ1) is 13.5. The molecular weight excluding hydrogens is 380 g/mol. The smallest absolute Gasteiger partial charge is 0.407 e. The van der Waals surface area contributed by atoms with Gasteiger partial charge in [-0.2, -0.15) is 0 Å². The van der Waals surface area contributed by atoms with Gasteiger partial charge in [-0.25, -0.2) is 9.78 Å². The number of nitrogens with one attached hydrogen (secondary N) is 2. The van der Waals surface area contributed by atoms with Crippen LogP contribution in [0.3, 0.4) is 0 Å². The Kier molecular flexibility index (Phi) is 6.71. The molecule has 3 N–H and O–H groups in total. The van der Waals surface area contributed by atoms with Crippen LogP contribution in [0.5, 0.6) is 0 Å². The normalized spacial score (nSPS) is 14.5. The van der Waals surface area contributed by atoms with E-state index in [0.29, 0.717) is 48.5 Å². The predicted molar refractivity (Wildman–Crippen MR) is 108 cm³/mol. The molecule has 0 radical (unpaired) electrons. The van der Waals surface area contributed by atoms with Gasteiger partial charge in [-0.3, -0.25) is 4.79 Å². The Morgan fingerprint density at radius 2 is 1.89 bits per heavy atom. The largest absolute Gasteiger partial charge is 0.465 e. The molecule has 0 atom stereocenters. The Labute approximate surface area is 168 Å². The fourth-order valence-corrected chi connectivity index (χ4v) is 3.26. The Balaban J connectivity index is 1.48. The zero-order valence-corrected chi connectivity index (χ0v) is 16.2. The molecule has 2 aromatic rings. The van der Waals surface area contributed by atoms with E-state index in [9.17, 15) is 9.59 Å². The highest BCUT2D eigenvalue weighted by atomic mass is 35.5. The van der Waals surface area contributed by atoms with Crippen molar-refractivity contribution in [3.63, 3.8) is 0 Å². The van der Waals surface area contributed by atoms with Crippen molar-refractivity contribution in [2.45, 2.75) is 19.4 Å². The molecule has 1 aromatic heterocycles. The molecule has 3 rings (SSSR count). The van der Waals surface area contributed by atoms with E-state index in [2.05, 4.69) is 15.6 Å². The molecule has 2 amide bonds. The maximum Gasteiger partial charge on any atom is 0.407 e. The minimum atomic E-state index is -0.877. The highest BCUT2D eigenvalue weighted by molar-refractivity contribution is 6.30. The van der Waals surface area contributed by atoms with Crippen LogP contribution in [0.25, 0.3) is 0 Å². The fourth-order valence-electron chi connectivity index (χ4n) is 3.13. The molecule has 0 unspecified atom stereocenters. The van der Waals surface area contributed by atoms with E-state index in [1.54, 1.807) is 18.3 Å². The lowest BCUT2D eigenvalue weighted by molar-refractivity contribution is 0.0928. The summed E-state index contributed by atoms with van der Waals surface area (Å²) in [6, 6.07) is 10.9. The van der Waals surface area contributed by atoms with Crippen molar-refractivity contribution in [1.29, 1.82) is 0 Å². The number of anilines is 1. The first kappa shape index (κ1) is 19.9. The molecule has 1 saturated heterocycles. The third-order valence-electron chi connectivity index (χ3n) is 4.85. The minimum Gasteiger partial charge on any atom is -0.465 e. The average Bonchev–Trinajstić information content (AvgIpc) is 2.72. The summed E-state index contributed by atoms with van der Waals surface area (Å²) < 4.78 is 0. The number of pyridine rings is 1. The second-order valence-corrected chi connectivity index (χ2v) is 7.27. The van der Waals surface area contributed by atoms with Gasteiger partial charge in [0, 0.05) is 43.0 Å². The summed E-state index contributed by atoms with van der Waals surface area (Å²) in [7, 11) is 0. The monoisotopic (exact) mass is 402 g/mol. The van der Waals surface area contributed by atoms with Crippen LogP contribution in [0.2, 0.25) is 5.02 Å². The van der Waals surface area contributed by atoms with Gasteiger partial charge in [0.2, 0.25) is 0 Å². The molecule has 28 heavy (non-hydrogen) atoms.